The number of hydrogen-bond acceptors (Lipinski definition) is 2. The van der Waals surface area contributed by atoms with Gasteiger partial charge in [-0.1, -0.05) is 55.0 Å². The molecule has 1 rings (SSSR count). The number of nitrogens with one attached hydrogen (secondary N) is 1. The molecule has 0 aliphatic rings. The minimum Gasteiger partial charge on any atom is -0.381 e. The second-order valence-electron chi connectivity index (χ2n) is 5.80. The summed E-state index contributed by atoms with van der Waals surface area (Å²) in [7, 11) is 4.17. The van der Waals surface area contributed by atoms with Gasteiger partial charge in [-0.3, -0.25) is 0 Å². The minimum absolute atomic E-state index is 0.518. The maximum atomic E-state index is 3.65. The highest BCUT2D eigenvalue weighted by Gasteiger charge is 2.08. The molecule has 1 atom stereocenters. The zero-order valence-electron chi connectivity index (χ0n) is 13.4. The van der Waals surface area contributed by atoms with Crippen molar-refractivity contribution in [3.63, 3.8) is 0 Å². The molecule has 0 fully saturated rings. The lowest BCUT2D eigenvalue weighted by Gasteiger charge is -2.22. The van der Waals surface area contributed by atoms with Gasteiger partial charge in [-0.05, 0) is 31.5 Å². The molecule has 1 aromatic rings. The first kappa shape index (κ1) is 17.4. The van der Waals surface area contributed by atoms with E-state index in [0.717, 1.165) is 4.47 Å². The van der Waals surface area contributed by atoms with Crippen molar-refractivity contribution >= 4 is 27.3 Å². The molecule has 0 saturated carbocycles. The summed E-state index contributed by atoms with van der Waals surface area (Å²) in [6.45, 7) is 4.54. The van der Waals surface area contributed by atoms with Crippen molar-refractivity contribution in [2.75, 3.05) is 24.3 Å². The Kier molecular flexibility index (Phi) is 8.05. The van der Waals surface area contributed by atoms with Crippen LogP contribution in [0, 0.1) is 0 Å². The van der Waals surface area contributed by atoms with Gasteiger partial charge in [0.25, 0.3) is 0 Å². The molecule has 1 aromatic carbocycles. The highest BCUT2D eigenvalue weighted by atomic mass is 79.9. The summed E-state index contributed by atoms with van der Waals surface area (Å²) in [5, 5.41) is 3.65. The zero-order valence-corrected chi connectivity index (χ0v) is 15.0. The second-order valence-corrected chi connectivity index (χ2v) is 6.72. The number of halogens is 1. The van der Waals surface area contributed by atoms with Crippen LogP contribution in [0.3, 0.4) is 0 Å². The molecule has 0 aliphatic carbocycles. The summed E-state index contributed by atoms with van der Waals surface area (Å²) < 4.78 is 1.13. The van der Waals surface area contributed by atoms with Crippen LogP contribution in [0.5, 0.6) is 0 Å². The van der Waals surface area contributed by atoms with Crippen LogP contribution in [0.25, 0.3) is 0 Å². The zero-order chi connectivity index (χ0) is 15.0. The standard InChI is InChI=1S/C17H29BrN2/c1-5-6-7-8-9-10-14(2)19-16-13-15(18)11-12-17(16)20(3)4/h11-14,19H,5-10H2,1-4H3. The fraction of sp³-hybridized carbons (Fsp3) is 0.647. The van der Waals surface area contributed by atoms with E-state index in [1.807, 2.05) is 0 Å². The Bertz CT molecular complexity index is 391. The van der Waals surface area contributed by atoms with Crippen molar-refractivity contribution in [1.82, 2.24) is 0 Å². The van der Waals surface area contributed by atoms with E-state index in [4.69, 9.17) is 0 Å². The number of unbranched alkanes of at least 4 members (excludes halogenated alkanes) is 4. The molecule has 0 bridgehead atoms. The Hall–Kier alpha value is -0.700. The van der Waals surface area contributed by atoms with Crippen LogP contribution in [-0.2, 0) is 0 Å². The lowest BCUT2D eigenvalue weighted by molar-refractivity contribution is 0.578. The van der Waals surface area contributed by atoms with E-state index in [0.29, 0.717) is 6.04 Å². The quantitative estimate of drug-likeness (QED) is 0.582. The Balaban J connectivity index is 2.48. The van der Waals surface area contributed by atoms with Crippen LogP contribution in [0.2, 0.25) is 0 Å². The molecule has 2 nitrogen and oxygen atoms in total. The fourth-order valence-electron chi connectivity index (χ4n) is 2.41. The van der Waals surface area contributed by atoms with E-state index in [2.05, 4.69) is 72.3 Å². The van der Waals surface area contributed by atoms with Crippen molar-refractivity contribution in [3.05, 3.63) is 22.7 Å². The Morgan fingerprint density at radius 2 is 1.85 bits per heavy atom. The van der Waals surface area contributed by atoms with Gasteiger partial charge in [-0.15, -0.1) is 0 Å². The number of rotatable bonds is 9. The van der Waals surface area contributed by atoms with Gasteiger partial charge in [-0.25, -0.2) is 0 Å². The molecule has 0 radical (unpaired) electrons. The molecule has 114 valence electrons. The molecule has 0 spiro atoms. The molecule has 0 saturated heterocycles. The van der Waals surface area contributed by atoms with E-state index < -0.39 is 0 Å². The summed E-state index contributed by atoms with van der Waals surface area (Å²) in [4.78, 5) is 2.16. The van der Waals surface area contributed by atoms with E-state index in [9.17, 15) is 0 Å². The van der Waals surface area contributed by atoms with Gasteiger partial charge in [0.2, 0.25) is 0 Å². The molecule has 0 aliphatic heterocycles. The third-order valence-corrected chi connectivity index (χ3v) is 4.08. The van der Waals surface area contributed by atoms with Gasteiger partial charge in [0, 0.05) is 24.6 Å². The molecular weight excluding hydrogens is 312 g/mol. The van der Waals surface area contributed by atoms with Crippen LogP contribution in [-0.4, -0.2) is 20.1 Å². The van der Waals surface area contributed by atoms with Crippen molar-refractivity contribution in [2.45, 2.75) is 58.4 Å². The van der Waals surface area contributed by atoms with E-state index >= 15 is 0 Å². The van der Waals surface area contributed by atoms with Gasteiger partial charge >= 0.3 is 0 Å². The minimum atomic E-state index is 0.518. The molecule has 1 N–H and O–H groups in total. The van der Waals surface area contributed by atoms with Gasteiger partial charge < -0.3 is 10.2 Å². The van der Waals surface area contributed by atoms with Crippen molar-refractivity contribution in [3.8, 4) is 0 Å². The fourth-order valence-corrected chi connectivity index (χ4v) is 2.77. The molecule has 3 heteroatoms. The summed E-state index contributed by atoms with van der Waals surface area (Å²) >= 11 is 3.56. The first-order valence-electron chi connectivity index (χ1n) is 7.78. The average Bonchev–Trinajstić information content (AvgIpc) is 2.38. The Morgan fingerprint density at radius 3 is 2.50 bits per heavy atom. The van der Waals surface area contributed by atoms with Crippen LogP contribution in [0.1, 0.15) is 52.4 Å². The van der Waals surface area contributed by atoms with Crippen LogP contribution in [0.4, 0.5) is 11.4 Å². The normalized spacial score (nSPS) is 12.2. The molecule has 0 amide bonds. The second kappa shape index (κ2) is 9.28. The first-order valence-corrected chi connectivity index (χ1v) is 8.57. The maximum absolute atomic E-state index is 3.65. The van der Waals surface area contributed by atoms with Crippen molar-refractivity contribution in [1.29, 1.82) is 0 Å². The van der Waals surface area contributed by atoms with Gasteiger partial charge in [0.1, 0.15) is 0 Å². The number of anilines is 2. The first-order chi connectivity index (χ1) is 9.54. The molecular formula is C17H29BrN2. The summed E-state index contributed by atoms with van der Waals surface area (Å²) in [6.07, 6.45) is 7.99. The van der Waals surface area contributed by atoms with Crippen LogP contribution >= 0.6 is 15.9 Å². The lowest BCUT2D eigenvalue weighted by atomic mass is 10.1. The summed E-state index contributed by atoms with van der Waals surface area (Å²) in [5.74, 6) is 0. The third-order valence-electron chi connectivity index (χ3n) is 3.58. The molecule has 1 unspecified atom stereocenters. The monoisotopic (exact) mass is 340 g/mol. The highest BCUT2D eigenvalue weighted by molar-refractivity contribution is 9.10. The van der Waals surface area contributed by atoms with Gasteiger partial charge in [0.15, 0.2) is 0 Å². The van der Waals surface area contributed by atoms with Crippen molar-refractivity contribution in [2.24, 2.45) is 0 Å². The Labute approximate surface area is 133 Å². The highest BCUT2D eigenvalue weighted by Crippen LogP contribution is 2.29. The third kappa shape index (κ3) is 6.17. The SMILES string of the molecule is CCCCCCCC(C)Nc1cc(Br)ccc1N(C)C. The number of nitrogens with zero attached hydrogens (tertiary/aromatic N) is 1. The van der Waals surface area contributed by atoms with E-state index in [1.54, 1.807) is 0 Å². The topological polar surface area (TPSA) is 15.3 Å². The lowest BCUT2D eigenvalue weighted by Crippen LogP contribution is -2.18. The van der Waals surface area contributed by atoms with E-state index in [1.165, 1.54) is 49.9 Å². The van der Waals surface area contributed by atoms with E-state index in [-0.39, 0.29) is 0 Å². The van der Waals surface area contributed by atoms with Crippen LogP contribution in [0.15, 0.2) is 22.7 Å². The van der Waals surface area contributed by atoms with Gasteiger partial charge in [-0.2, -0.15) is 0 Å². The molecule has 20 heavy (non-hydrogen) atoms. The summed E-state index contributed by atoms with van der Waals surface area (Å²) in [6, 6.07) is 6.93. The predicted molar refractivity (Wildman–Crippen MR) is 94.9 cm³/mol. The number of benzene rings is 1. The molecule has 0 aromatic heterocycles. The molecule has 0 heterocycles. The largest absolute Gasteiger partial charge is 0.381 e. The number of hydrogen-bond donors (Lipinski definition) is 1. The average molecular weight is 341 g/mol. The maximum Gasteiger partial charge on any atom is 0.0597 e. The van der Waals surface area contributed by atoms with Crippen molar-refractivity contribution < 1.29 is 0 Å². The predicted octanol–water partition coefficient (Wildman–Crippen LogP) is 5.68. The van der Waals surface area contributed by atoms with Crippen LogP contribution < -0.4 is 10.2 Å². The Morgan fingerprint density at radius 1 is 1.15 bits per heavy atom. The van der Waals surface area contributed by atoms with Gasteiger partial charge in [0.05, 0.1) is 11.4 Å². The smallest absolute Gasteiger partial charge is 0.0597 e. The summed E-state index contributed by atoms with van der Waals surface area (Å²) in [5.41, 5.74) is 2.46.